The molecule has 18 heavy (non-hydrogen) atoms. The van der Waals surface area contributed by atoms with Crippen molar-refractivity contribution in [3.05, 3.63) is 46.5 Å². The molecule has 0 saturated heterocycles. The number of hydrogen-bond acceptors (Lipinski definition) is 3. The average Bonchev–Trinajstić information content (AvgIpc) is 2.56. The van der Waals surface area contributed by atoms with E-state index in [0.717, 1.165) is 28.3 Å². The maximum absolute atomic E-state index is 10.3. The third-order valence-corrected chi connectivity index (χ3v) is 2.96. The Morgan fingerprint density at radius 2 is 1.89 bits per heavy atom. The predicted octanol–water partition coefficient (Wildman–Crippen LogP) is 2.02. The molecule has 0 fully saturated rings. The Morgan fingerprint density at radius 3 is 2.44 bits per heavy atom. The molecule has 2 rings (SSSR count). The molecule has 0 aliphatic heterocycles. The van der Waals surface area contributed by atoms with Gasteiger partial charge in [0.15, 0.2) is 0 Å². The Kier molecular flexibility index (Phi) is 3.48. The van der Waals surface area contributed by atoms with Gasteiger partial charge in [-0.1, -0.05) is 0 Å². The Hall–Kier alpha value is -1.68. The minimum absolute atomic E-state index is 0.535. The Balaban J connectivity index is 2.21. The van der Waals surface area contributed by atoms with Gasteiger partial charge in [-0.2, -0.15) is 5.10 Å². The van der Waals surface area contributed by atoms with Crippen molar-refractivity contribution in [1.29, 1.82) is 0 Å². The fraction of sp³-hybridized carbons (Fsp3) is 0.429. The van der Waals surface area contributed by atoms with E-state index in [0.29, 0.717) is 6.42 Å². The van der Waals surface area contributed by atoms with Gasteiger partial charge in [-0.15, -0.1) is 0 Å². The number of aliphatic hydroxyl groups excluding tert-OH is 1. The van der Waals surface area contributed by atoms with Gasteiger partial charge >= 0.3 is 0 Å². The van der Waals surface area contributed by atoms with E-state index in [1.807, 2.05) is 46.0 Å². The zero-order valence-corrected chi connectivity index (χ0v) is 11.3. The lowest BCUT2D eigenvalue weighted by atomic mass is 10.1. The molecule has 96 valence electrons. The second kappa shape index (κ2) is 4.90. The van der Waals surface area contributed by atoms with Crippen molar-refractivity contribution < 1.29 is 5.11 Å². The molecule has 2 heterocycles. The van der Waals surface area contributed by atoms with Gasteiger partial charge in [0.25, 0.3) is 0 Å². The van der Waals surface area contributed by atoms with Crippen LogP contribution in [0.4, 0.5) is 0 Å². The second-order valence-corrected chi connectivity index (χ2v) is 4.83. The smallest absolute Gasteiger partial charge is 0.101 e. The average molecular weight is 245 g/mol. The molecule has 0 radical (unpaired) electrons. The third-order valence-electron chi connectivity index (χ3n) is 2.96. The highest BCUT2D eigenvalue weighted by Gasteiger charge is 2.13. The van der Waals surface area contributed by atoms with Gasteiger partial charge in [-0.05, 0) is 44.5 Å². The van der Waals surface area contributed by atoms with Crippen LogP contribution < -0.4 is 0 Å². The first kappa shape index (κ1) is 12.8. The highest BCUT2D eigenvalue weighted by atomic mass is 16.3. The highest BCUT2D eigenvalue weighted by molar-refractivity contribution is 5.22. The van der Waals surface area contributed by atoms with Crippen LogP contribution in [0.3, 0.4) is 0 Å². The summed E-state index contributed by atoms with van der Waals surface area (Å²) in [6.07, 6.45) is -0.0499. The largest absolute Gasteiger partial charge is 0.386 e. The molecule has 1 atom stereocenters. The lowest BCUT2D eigenvalue weighted by Gasteiger charge is -2.11. The van der Waals surface area contributed by atoms with Crippen LogP contribution in [-0.4, -0.2) is 19.9 Å². The van der Waals surface area contributed by atoms with E-state index < -0.39 is 6.10 Å². The summed E-state index contributed by atoms with van der Waals surface area (Å²) in [4.78, 5) is 4.39. The van der Waals surface area contributed by atoms with E-state index >= 15 is 0 Å². The molecule has 4 nitrogen and oxygen atoms in total. The van der Waals surface area contributed by atoms with E-state index in [2.05, 4.69) is 10.1 Å². The van der Waals surface area contributed by atoms with Crippen molar-refractivity contribution in [3.63, 3.8) is 0 Å². The quantitative estimate of drug-likeness (QED) is 0.900. The fourth-order valence-electron chi connectivity index (χ4n) is 2.20. The van der Waals surface area contributed by atoms with Gasteiger partial charge in [0.05, 0.1) is 11.4 Å². The molecule has 0 bridgehead atoms. The lowest BCUT2D eigenvalue weighted by Crippen LogP contribution is -2.08. The molecule has 0 aromatic carbocycles. The molecule has 2 aromatic rings. The topological polar surface area (TPSA) is 50.9 Å². The number of aliphatic hydroxyl groups is 1. The van der Waals surface area contributed by atoms with Crippen molar-refractivity contribution in [3.8, 4) is 0 Å². The molecule has 1 N–H and O–H groups in total. The first-order valence-electron chi connectivity index (χ1n) is 6.08. The van der Waals surface area contributed by atoms with Gasteiger partial charge in [-0.3, -0.25) is 9.67 Å². The number of rotatable bonds is 3. The summed E-state index contributed by atoms with van der Waals surface area (Å²) in [7, 11) is 1.89. The normalized spacial score (nSPS) is 12.7. The van der Waals surface area contributed by atoms with E-state index in [9.17, 15) is 5.11 Å². The van der Waals surface area contributed by atoms with Crippen LogP contribution in [0.1, 0.15) is 34.4 Å². The summed E-state index contributed by atoms with van der Waals surface area (Å²) in [5, 5.41) is 14.5. The number of aromatic nitrogens is 3. The monoisotopic (exact) mass is 245 g/mol. The number of hydrogen-bond donors (Lipinski definition) is 1. The van der Waals surface area contributed by atoms with Crippen molar-refractivity contribution in [2.45, 2.75) is 33.3 Å². The fourth-order valence-corrected chi connectivity index (χ4v) is 2.20. The molecule has 2 aromatic heterocycles. The zero-order valence-electron chi connectivity index (χ0n) is 11.3. The summed E-state index contributed by atoms with van der Waals surface area (Å²) in [6.45, 7) is 5.90. The van der Waals surface area contributed by atoms with E-state index in [4.69, 9.17) is 0 Å². The van der Waals surface area contributed by atoms with Crippen molar-refractivity contribution in [2.75, 3.05) is 0 Å². The maximum Gasteiger partial charge on any atom is 0.101 e. The second-order valence-electron chi connectivity index (χ2n) is 4.83. The molecule has 1 unspecified atom stereocenters. The minimum atomic E-state index is -0.585. The third kappa shape index (κ3) is 2.76. The number of aryl methyl sites for hydroxylation is 4. The van der Waals surface area contributed by atoms with Crippen LogP contribution in [-0.2, 0) is 13.5 Å². The van der Waals surface area contributed by atoms with Gasteiger partial charge < -0.3 is 5.11 Å². The van der Waals surface area contributed by atoms with Gasteiger partial charge in [-0.25, -0.2) is 0 Å². The SMILES string of the molecule is Cc1cc(C)nc(C(O)Cc2cc(C)nn2C)c1. The predicted molar refractivity (Wildman–Crippen MR) is 70.3 cm³/mol. The first-order chi connectivity index (χ1) is 8.45. The molecule has 4 heteroatoms. The van der Waals surface area contributed by atoms with Gasteiger partial charge in [0.2, 0.25) is 0 Å². The summed E-state index contributed by atoms with van der Waals surface area (Å²) < 4.78 is 1.81. The van der Waals surface area contributed by atoms with Crippen LogP contribution in [0.2, 0.25) is 0 Å². The van der Waals surface area contributed by atoms with Gasteiger partial charge in [0.1, 0.15) is 6.10 Å². The van der Waals surface area contributed by atoms with E-state index in [1.165, 1.54) is 0 Å². The highest BCUT2D eigenvalue weighted by Crippen LogP contribution is 2.18. The Morgan fingerprint density at radius 1 is 1.17 bits per heavy atom. The summed E-state index contributed by atoms with van der Waals surface area (Å²) in [5.74, 6) is 0. The standard InChI is InChI=1S/C14H19N3O/c1-9-5-10(2)15-13(6-9)14(18)8-12-7-11(3)16-17(12)4/h5-7,14,18H,8H2,1-4H3. The molecule has 0 spiro atoms. The van der Waals surface area contributed by atoms with Crippen LogP contribution in [0.25, 0.3) is 0 Å². The summed E-state index contributed by atoms with van der Waals surface area (Å²) in [5.41, 5.74) is 4.77. The minimum Gasteiger partial charge on any atom is -0.386 e. The van der Waals surface area contributed by atoms with Crippen LogP contribution in [0.5, 0.6) is 0 Å². The Labute approximate surface area is 107 Å². The Bertz CT molecular complexity index is 540. The van der Waals surface area contributed by atoms with Crippen LogP contribution in [0.15, 0.2) is 18.2 Å². The molecule has 0 amide bonds. The summed E-state index contributed by atoms with van der Waals surface area (Å²) >= 11 is 0. The molecule has 0 aliphatic carbocycles. The van der Waals surface area contributed by atoms with E-state index in [-0.39, 0.29) is 0 Å². The number of nitrogens with zero attached hydrogens (tertiary/aromatic N) is 3. The first-order valence-corrected chi connectivity index (χ1v) is 6.08. The number of pyridine rings is 1. The van der Waals surface area contributed by atoms with Gasteiger partial charge in [0, 0.05) is 24.9 Å². The maximum atomic E-state index is 10.3. The molecular formula is C14H19N3O. The van der Waals surface area contributed by atoms with Crippen molar-refractivity contribution in [1.82, 2.24) is 14.8 Å². The van der Waals surface area contributed by atoms with Crippen molar-refractivity contribution >= 4 is 0 Å². The molecular weight excluding hydrogens is 226 g/mol. The van der Waals surface area contributed by atoms with Crippen molar-refractivity contribution in [2.24, 2.45) is 7.05 Å². The van der Waals surface area contributed by atoms with E-state index in [1.54, 1.807) is 4.68 Å². The zero-order chi connectivity index (χ0) is 13.3. The summed E-state index contributed by atoms with van der Waals surface area (Å²) in [6, 6.07) is 5.93. The molecule has 0 aliphatic rings. The van der Waals surface area contributed by atoms with Crippen LogP contribution in [0, 0.1) is 20.8 Å². The lowest BCUT2D eigenvalue weighted by molar-refractivity contribution is 0.170. The van der Waals surface area contributed by atoms with Crippen LogP contribution >= 0.6 is 0 Å². The molecule has 0 saturated carbocycles.